The van der Waals surface area contributed by atoms with Crippen molar-refractivity contribution in [3.05, 3.63) is 128 Å². The second-order valence-corrected chi connectivity index (χ2v) is 9.86. The number of hydrogen-bond donors (Lipinski definition) is 2. The molecular formula is C29H24Br2N2O4. The zero-order valence-electron chi connectivity index (χ0n) is 19.9. The largest absolute Gasteiger partial charge is 0.493 e. The predicted octanol–water partition coefficient (Wildman–Crippen LogP) is 6.19. The van der Waals surface area contributed by atoms with E-state index in [-0.39, 0.29) is 0 Å². The van der Waals surface area contributed by atoms with Gasteiger partial charge in [-0.25, -0.2) is 5.43 Å². The molecule has 0 heterocycles. The molecule has 0 aliphatic carbocycles. The van der Waals surface area contributed by atoms with Crippen LogP contribution in [0, 0.1) is 0 Å². The van der Waals surface area contributed by atoms with Crippen LogP contribution in [-0.4, -0.2) is 24.3 Å². The standard InChI is InChI=1S/C29H24Br2N2O4/c1-36-26-17-21(16-25(31)27(26)37-19-20-12-14-24(30)15-13-20)18-32-33-28(34)29(35,22-8-4-2-5-9-22)23-10-6-3-7-11-23/h2-18,35H,19H2,1H3,(H,33,34)/b32-18-. The van der Waals surface area contributed by atoms with E-state index in [1.165, 1.54) is 6.21 Å². The van der Waals surface area contributed by atoms with E-state index < -0.39 is 11.5 Å². The molecule has 0 bridgehead atoms. The molecule has 4 aromatic rings. The van der Waals surface area contributed by atoms with Gasteiger partial charge < -0.3 is 14.6 Å². The van der Waals surface area contributed by atoms with Gasteiger partial charge in [0.05, 0.1) is 17.8 Å². The molecule has 0 saturated carbocycles. The lowest BCUT2D eigenvalue weighted by molar-refractivity contribution is -0.136. The lowest BCUT2D eigenvalue weighted by atomic mass is 9.85. The van der Waals surface area contributed by atoms with Gasteiger partial charge in [0, 0.05) is 4.47 Å². The number of halogens is 2. The van der Waals surface area contributed by atoms with Crippen molar-refractivity contribution in [3.63, 3.8) is 0 Å². The summed E-state index contributed by atoms with van der Waals surface area (Å²) in [5, 5.41) is 15.6. The molecule has 0 atom stereocenters. The fraction of sp³-hybridized carbons (Fsp3) is 0.103. The van der Waals surface area contributed by atoms with E-state index in [9.17, 15) is 9.90 Å². The molecule has 1 amide bonds. The highest BCUT2D eigenvalue weighted by molar-refractivity contribution is 9.10. The van der Waals surface area contributed by atoms with Gasteiger partial charge in [0.1, 0.15) is 6.61 Å². The first-order chi connectivity index (χ1) is 17.9. The number of methoxy groups -OCH3 is 1. The van der Waals surface area contributed by atoms with Crippen LogP contribution in [0.4, 0.5) is 0 Å². The molecule has 4 aromatic carbocycles. The number of carbonyl (C=O) groups is 1. The van der Waals surface area contributed by atoms with Crippen LogP contribution in [0.15, 0.2) is 111 Å². The number of hydrogen-bond acceptors (Lipinski definition) is 5. The third kappa shape index (κ3) is 6.28. The van der Waals surface area contributed by atoms with Gasteiger partial charge in [-0.05, 0) is 62.4 Å². The van der Waals surface area contributed by atoms with Crippen LogP contribution in [0.2, 0.25) is 0 Å². The Labute approximate surface area is 232 Å². The summed E-state index contributed by atoms with van der Waals surface area (Å²) >= 11 is 6.96. The summed E-state index contributed by atoms with van der Waals surface area (Å²) in [5.74, 6) is 0.375. The molecule has 4 rings (SSSR count). The topological polar surface area (TPSA) is 80.2 Å². The number of nitrogens with one attached hydrogen (secondary N) is 1. The number of carbonyl (C=O) groups excluding carboxylic acids is 1. The maximum atomic E-state index is 13.2. The second-order valence-electron chi connectivity index (χ2n) is 8.09. The van der Waals surface area contributed by atoms with E-state index in [0.29, 0.717) is 39.3 Å². The summed E-state index contributed by atoms with van der Waals surface area (Å²) in [6, 6.07) is 28.9. The Morgan fingerprint density at radius 1 is 0.946 bits per heavy atom. The third-order valence-electron chi connectivity index (χ3n) is 5.64. The quantitative estimate of drug-likeness (QED) is 0.172. The molecular weight excluding hydrogens is 600 g/mol. The van der Waals surface area contributed by atoms with Crippen LogP contribution < -0.4 is 14.9 Å². The molecule has 8 heteroatoms. The lowest BCUT2D eigenvalue weighted by Gasteiger charge is -2.27. The maximum Gasteiger partial charge on any atom is 0.281 e. The zero-order valence-corrected chi connectivity index (χ0v) is 23.1. The highest BCUT2D eigenvalue weighted by Crippen LogP contribution is 2.37. The fourth-order valence-corrected chi connectivity index (χ4v) is 4.56. The predicted molar refractivity (Wildman–Crippen MR) is 151 cm³/mol. The fourth-order valence-electron chi connectivity index (χ4n) is 3.72. The Morgan fingerprint density at radius 3 is 2.11 bits per heavy atom. The van der Waals surface area contributed by atoms with Crippen molar-refractivity contribution in [1.82, 2.24) is 5.43 Å². The molecule has 6 nitrogen and oxygen atoms in total. The van der Waals surface area contributed by atoms with Gasteiger partial charge >= 0.3 is 0 Å². The molecule has 0 unspecified atom stereocenters. The molecule has 0 fully saturated rings. The van der Waals surface area contributed by atoms with E-state index in [2.05, 4.69) is 42.4 Å². The van der Waals surface area contributed by atoms with Gasteiger partial charge in [-0.2, -0.15) is 5.10 Å². The number of rotatable bonds is 9. The van der Waals surface area contributed by atoms with Crippen molar-refractivity contribution in [2.45, 2.75) is 12.2 Å². The number of aliphatic hydroxyl groups is 1. The van der Waals surface area contributed by atoms with Gasteiger partial charge in [0.2, 0.25) is 0 Å². The summed E-state index contributed by atoms with van der Waals surface area (Å²) in [4.78, 5) is 13.2. The molecule has 188 valence electrons. The first-order valence-electron chi connectivity index (χ1n) is 11.3. The number of hydrazone groups is 1. The van der Waals surface area contributed by atoms with Crippen molar-refractivity contribution in [2.24, 2.45) is 5.10 Å². The Balaban J connectivity index is 1.52. The summed E-state index contributed by atoms with van der Waals surface area (Å²) in [7, 11) is 1.55. The van der Waals surface area contributed by atoms with E-state index in [1.807, 2.05) is 36.4 Å². The van der Waals surface area contributed by atoms with Crippen molar-refractivity contribution in [3.8, 4) is 11.5 Å². The number of nitrogens with zero attached hydrogens (tertiary/aromatic N) is 1. The Bertz CT molecular complexity index is 1340. The number of ether oxygens (including phenoxy) is 2. The van der Waals surface area contributed by atoms with Crippen molar-refractivity contribution in [2.75, 3.05) is 7.11 Å². The summed E-state index contributed by atoms with van der Waals surface area (Å²) in [6.45, 7) is 0.364. The van der Waals surface area contributed by atoms with Crippen molar-refractivity contribution >= 4 is 44.0 Å². The lowest BCUT2D eigenvalue weighted by Crippen LogP contribution is -2.43. The summed E-state index contributed by atoms with van der Waals surface area (Å²) in [6.07, 6.45) is 1.47. The minimum absolute atomic E-state index is 0.364. The van der Waals surface area contributed by atoms with Gasteiger partial charge in [-0.1, -0.05) is 88.7 Å². The molecule has 0 aromatic heterocycles. The maximum absolute atomic E-state index is 13.2. The summed E-state index contributed by atoms with van der Waals surface area (Å²) < 4.78 is 13.2. The van der Waals surface area contributed by atoms with Gasteiger partial charge in [-0.15, -0.1) is 0 Å². The third-order valence-corrected chi connectivity index (χ3v) is 6.76. The summed E-state index contributed by atoms with van der Waals surface area (Å²) in [5.41, 5.74) is 3.10. The number of benzene rings is 4. The Morgan fingerprint density at radius 2 is 1.54 bits per heavy atom. The Kier molecular flexibility index (Phi) is 8.76. The minimum Gasteiger partial charge on any atom is -0.493 e. The van der Waals surface area contributed by atoms with Crippen LogP contribution >= 0.6 is 31.9 Å². The highest BCUT2D eigenvalue weighted by Gasteiger charge is 2.39. The van der Waals surface area contributed by atoms with E-state index in [4.69, 9.17) is 9.47 Å². The molecule has 37 heavy (non-hydrogen) atoms. The van der Waals surface area contributed by atoms with Gasteiger partial charge in [0.15, 0.2) is 17.1 Å². The smallest absolute Gasteiger partial charge is 0.281 e. The van der Waals surface area contributed by atoms with Crippen LogP contribution in [0.1, 0.15) is 22.3 Å². The van der Waals surface area contributed by atoms with E-state index in [1.54, 1.807) is 67.8 Å². The zero-order chi connectivity index (χ0) is 26.3. The van der Waals surface area contributed by atoms with Crippen molar-refractivity contribution in [1.29, 1.82) is 0 Å². The second kappa shape index (κ2) is 12.2. The molecule has 0 saturated heterocycles. The SMILES string of the molecule is COc1cc(/C=N\NC(=O)C(O)(c2ccccc2)c2ccccc2)cc(Br)c1OCc1ccc(Br)cc1. The van der Waals surface area contributed by atoms with Crippen LogP contribution in [0.25, 0.3) is 0 Å². The highest BCUT2D eigenvalue weighted by atomic mass is 79.9. The normalized spacial score (nSPS) is 11.4. The average molecular weight is 624 g/mol. The van der Waals surface area contributed by atoms with Crippen LogP contribution in [0.5, 0.6) is 11.5 Å². The number of amides is 1. The molecule has 0 aliphatic heterocycles. The molecule has 2 N–H and O–H groups in total. The average Bonchev–Trinajstić information content (AvgIpc) is 2.93. The molecule has 0 radical (unpaired) electrons. The van der Waals surface area contributed by atoms with Gasteiger partial charge in [0.25, 0.3) is 5.91 Å². The van der Waals surface area contributed by atoms with Crippen LogP contribution in [0.3, 0.4) is 0 Å². The molecule has 0 spiro atoms. The van der Waals surface area contributed by atoms with Crippen molar-refractivity contribution < 1.29 is 19.4 Å². The van der Waals surface area contributed by atoms with E-state index >= 15 is 0 Å². The first-order valence-corrected chi connectivity index (χ1v) is 12.9. The van der Waals surface area contributed by atoms with E-state index in [0.717, 1.165) is 10.0 Å². The first kappa shape index (κ1) is 26.6. The Hall–Kier alpha value is -3.46. The minimum atomic E-state index is -1.91. The van der Waals surface area contributed by atoms with Crippen LogP contribution in [-0.2, 0) is 17.0 Å². The molecule has 0 aliphatic rings. The monoisotopic (exact) mass is 622 g/mol. The van der Waals surface area contributed by atoms with Gasteiger partial charge in [-0.3, -0.25) is 4.79 Å².